The number of benzene rings is 1. The average molecular weight is 392 g/mol. The third-order valence-electron chi connectivity index (χ3n) is 5.54. The number of aromatic nitrogens is 4. The fourth-order valence-corrected chi connectivity index (χ4v) is 4.80. The van der Waals surface area contributed by atoms with Crippen LogP contribution in [-0.2, 0) is 5.41 Å². The van der Waals surface area contributed by atoms with E-state index in [1.807, 2.05) is 13.0 Å². The van der Waals surface area contributed by atoms with Crippen LogP contribution in [0.1, 0.15) is 30.0 Å². The van der Waals surface area contributed by atoms with Crippen LogP contribution >= 0.6 is 11.3 Å². The summed E-state index contributed by atoms with van der Waals surface area (Å²) in [4.78, 5) is 20.1. The van der Waals surface area contributed by atoms with Crippen molar-refractivity contribution in [3.8, 4) is 0 Å². The first-order chi connectivity index (χ1) is 13.7. The van der Waals surface area contributed by atoms with Crippen molar-refractivity contribution in [3.05, 3.63) is 59.2 Å². The Morgan fingerprint density at radius 1 is 1.11 bits per heavy atom. The zero-order valence-electron chi connectivity index (χ0n) is 15.5. The molecule has 3 aromatic heterocycles. The molecule has 2 N–H and O–H groups in total. The quantitative estimate of drug-likeness (QED) is 0.570. The molecule has 142 valence electrons. The summed E-state index contributed by atoms with van der Waals surface area (Å²) in [5.74, 6) is 1.44. The number of oxazole rings is 1. The summed E-state index contributed by atoms with van der Waals surface area (Å²) in [5, 5.41) is 2.71. The van der Waals surface area contributed by atoms with Crippen LogP contribution in [-0.4, -0.2) is 33.0 Å². The van der Waals surface area contributed by atoms with Gasteiger partial charge in [-0.1, -0.05) is 30.3 Å². The third kappa shape index (κ3) is 2.72. The van der Waals surface area contributed by atoms with Gasteiger partial charge >= 0.3 is 0 Å². The normalized spacial score (nSPS) is 16.5. The number of nitrogens with zero attached hydrogens (tertiary/aromatic N) is 5. The molecule has 1 saturated heterocycles. The van der Waals surface area contributed by atoms with Gasteiger partial charge < -0.3 is 15.1 Å². The number of hydrogen-bond donors (Lipinski definition) is 1. The van der Waals surface area contributed by atoms with Crippen LogP contribution in [0.2, 0.25) is 0 Å². The Hall–Kier alpha value is -3.00. The first-order valence-electron chi connectivity index (χ1n) is 9.26. The minimum absolute atomic E-state index is 0.141. The fraction of sp³-hybridized carbons (Fsp3) is 0.300. The maximum absolute atomic E-state index is 5.97. The van der Waals surface area contributed by atoms with Crippen LogP contribution in [0.3, 0.4) is 0 Å². The van der Waals surface area contributed by atoms with Crippen LogP contribution < -0.4 is 10.6 Å². The van der Waals surface area contributed by atoms with Gasteiger partial charge in [-0.2, -0.15) is 4.98 Å². The largest absolute Gasteiger partial charge is 0.422 e. The lowest BCUT2D eigenvalue weighted by molar-refractivity contribution is 0.384. The van der Waals surface area contributed by atoms with Crippen molar-refractivity contribution < 1.29 is 4.42 Å². The van der Waals surface area contributed by atoms with Gasteiger partial charge in [0, 0.05) is 30.8 Å². The maximum Gasteiger partial charge on any atom is 0.252 e. The molecule has 0 radical (unpaired) electrons. The van der Waals surface area contributed by atoms with Gasteiger partial charge in [-0.3, -0.25) is 0 Å². The maximum atomic E-state index is 5.97. The van der Waals surface area contributed by atoms with Crippen LogP contribution in [0.4, 0.5) is 10.9 Å². The number of fused-ring (bicyclic) bond motifs is 1. The summed E-state index contributed by atoms with van der Waals surface area (Å²) in [6.07, 6.45) is 3.38. The van der Waals surface area contributed by atoms with E-state index in [1.165, 1.54) is 16.9 Å². The van der Waals surface area contributed by atoms with Gasteiger partial charge in [0.25, 0.3) is 5.71 Å². The second-order valence-electron chi connectivity index (χ2n) is 7.09. The predicted octanol–water partition coefficient (Wildman–Crippen LogP) is 3.55. The first-order valence-corrected chi connectivity index (χ1v) is 10.1. The molecule has 28 heavy (non-hydrogen) atoms. The molecule has 7 nitrogen and oxygen atoms in total. The van der Waals surface area contributed by atoms with E-state index in [-0.39, 0.29) is 5.41 Å². The average Bonchev–Trinajstić information content (AvgIpc) is 3.33. The van der Waals surface area contributed by atoms with E-state index >= 15 is 0 Å². The van der Waals surface area contributed by atoms with Gasteiger partial charge in [-0.15, -0.1) is 11.3 Å². The summed E-state index contributed by atoms with van der Waals surface area (Å²) in [5.41, 5.74) is 9.43. The highest BCUT2D eigenvalue weighted by Gasteiger charge is 2.40. The molecule has 0 bridgehead atoms. The molecular weight excluding hydrogens is 372 g/mol. The number of nitrogen functional groups attached to an aromatic ring is 1. The summed E-state index contributed by atoms with van der Waals surface area (Å²) in [7, 11) is 0. The van der Waals surface area contributed by atoms with E-state index in [2.05, 4.69) is 54.5 Å². The van der Waals surface area contributed by atoms with Crippen molar-refractivity contribution in [2.45, 2.75) is 25.2 Å². The lowest BCUT2D eigenvalue weighted by Crippen LogP contribution is -2.44. The van der Waals surface area contributed by atoms with Crippen LogP contribution in [0.15, 0.2) is 46.5 Å². The van der Waals surface area contributed by atoms with E-state index in [1.54, 1.807) is 6.33 Å². The molecule has 0 unspecified atom stereocenters. The predicted molar refractivity (Wildman–Crippen MR) is 110 cm³/mol. The Morgan fingerprint density at radius 3 is 2.61 bits per heavy atom. The molecule has 0 spiro atoms. The van der Waals surface area contributed by atoms with Crippen molar-refractivity contribution in [1.82, 2.24) is 19.9 Å². The second kappa shape index (κ2) is 6.56. The van der Waals surface area contributed by atoms with Gasteiger partial charge in [-0.05, 0) is 18.4 Å². The van der Waals surface area contributed by atoms with Gasteiger partial charge in [0.05, 0.1) is 5.69 Å². The molecule has 1 fully saturated rings. The molecule has 8 heteroatoms. The molecule has 1 aliphatic rings. The lowest BCUT2D eigenvalue weighted by atomic mass is 9.70. The molecule has 0 aliphatic carbocycles. The van der Waals surface area contributed by atoms with Gasteiger partial charge in [-0.25, -0.2) is 15.0 Å². The van der Waals surface area contributed by atoms with E-state index in [9.17, 15) is 0 Å². The second-order valence-corrected chi connectivity index (χ2v) is 7.98. The van der Waals surface area contributed by atoms with E-state index in [0.29, 0.717) is 16.7 Å². The lowest BCUT2D eigenvalue weighted by Gasteiger charge is -2.41. The number of anilines is 2. The SMILES string of the molecule is Cc1nc2c(N3CCC(c4ccccc4)(c4csc(N)n4)CC3)ncnc2o1. The highest BCUT2D eigenvalue weighted by molar-refractivity contribution is 7.13. The van der Waals surface area contributed by atoms with Gasteiger partial charge in [0.15, 0.2) is 22.4 Å². The minimum atomic E-state index is -0.141. The Morgan fingerprint density at radius 2 is 1.89 bits per heavy atom. The van der Waals surface area contributed by atoms with E-state index < -0.39 is 0 Å². The Bertz CT molecular complexity index is 1110. The summed E-state index contributed by atoms with van der Waals surface area (Å²) in [6, 6.07) is 10.6. The molecule has 0 amide bonds. The Labute approximate surface area is 166 Å². The zero-order chi connectivity index (χ0) is 19.1. The number of rotatable bonds is 3. The van der Waals surface area contributed by atoms with Crippen molar-refractivity contribution in [1.29, 1.82) is 0 Å². The molecule has 1 aromatic carbocycles. The smallest absolute Gasteiger partial charge is 0.252 e. The first kappa shape index (κ1) is 17.1. The van der Waals surface area contributed by atoms with E-state index in [4.69, 9.17) is 10.2 Å². The number of aryl methyl sites for hydroxylation is 1. The Balaban J connectivity index is 1.51. The molecule has 1 aliphatic heterocycles. The van der Waals surface area contributed by atoms with Gasteiger partial charge in [0.2, 0.25) is 0 Å². The fourth-order valence-electron chi connectivity index (χ4n) is 4.14. The van der Waals surface area contributed by atoms with Crippen molar-refractivity contribution >= 4 is 33.5 Å². The zero-order valence-corrected chi connectivity index (χ0v) is 16.3. The highest BCUT2D eigenvalue weighted by Crippen LogP contribution is 2.43. The molecule has 4 aromatic rings. The van der Waals surface area contributed by atoms with Crippen LogP contribution in [0.5, 0.6) is 0 Å². The molecule has 0 saturated carbocycles. The third-order valence-corrected chi connectivity index (χ3v) is 6.21. The van der Waals surface area contributed by atoms with Crippen molar-refractivity contribution in [2.24, 2.45) is 0 Å². The standard InChI is InChI=1S/C20H20N6OS/c1-13-24-16-17(22-12-23-18(16)27-13)26-9-7-20(8-10-26,14-5-3-2-4-6-14)15-11-28-19(21)25-15/h2-6,11-12H,7-10H2,1H3,(H2,21,25). The number of thiazole rings is 1. The number of hydrogen-bond acceptors (Lipinski definition) is 8. The number of piperidine rings is 1. The van der Waals surface area contributed by atoms with E-state index in [0.717, 1.165) is 43.0 Å². The molecule has 4 heterocycles. The summed E-state index contributed by atoms with van der Waals surface area (Å²) in [6.45, 7) is 3.50. The van der Waals surface area contributed by atoms with Crippen LogP contribution in [0, 0.1) is 6.92 Å². The molecular formula is C20H20N6OS. The summed E-state index contributed by atoms with van der Waals surface area (Å²) >= 11 is 1.50. The topological polar surface area (TPSA) is 94.0 Å². The number of nitrogens with two attached hydrogens (primary N) is 1. The Kier molecular flexibility index (Phi) is 4.01. The molecule has 5 rings (SSSR count). The van der Waals surface area contributed by atoms with Crippen molar-refractivity contribution in [2.75, 3.05) is 23.7 Å². The highest BCUT2D eigenvalue weighted by atomic mass is 32.1. The van der Waals surface area contributed by atoms with Crippen LogP contribution in [0.25, 0.3) is 11.2 Å². The van der Waals surface area contributed by atoms with Gasteiger partial charge in [0.1, 0.15) is 6.33 Å². The monoisotopic (exact) mass is 392 g/mol. The summed E-state index contributed by atoms with van der Waals surface area (Å²) < 4.78 is 5.57. The minimum Gasteiger partial charge on any atom is -0.422 e. The molecule has 0 atom stereocenters. The van der Waals surface area contributed by atoms with Crippen molar-refractivity contribution in [3.63, 3.8) is 0 Å².